The predicted octanol–water partition coefficient (Wildman–Crippen LogP) is 1.33. The van der Waals surface area contributed by atoms with E-state index in [1.165, 1.54) is 0 Å². The summed E-state index contributed by atoms with van der Waals surface area (Å²) in [6.07, 6.45) is 0. The average molecular weight is 389 g/mol. The molecular formula is C20H23ClN3O3+. The minimum Gasteiger partial charge on any atom is -0.495 e. The number of nitrogens with zero attached hydrogens (tertiary/aromatic N) is 1. The van der Waals surface area contributed by atoms with E-state index in [1.807, 2.05) is 35.2 Å². The number of methoxy groups -OCH3 is 1. The van der Waals surface area contributed by atoms with Gasteiger partial charge in [0.25, 0.3) is 11.8 Å². The molecule has 1 heterocycles. The summed E-state index contributed by atoms with van der Waals surface area (Å²) in [5.74, 6) is 0.542. The Morgan fingerprint density at radius 3 is 2.48 bits per heavy atom. The molecular weight excluding hydrogens is 366 g/mol. The van der Waals surface area contributed by atoms with Gasteiger partial charge in [0.2, 0.25) is 0 Å². The van der Waals surface area contributed by atoms with Crippen LogP contribution in [-0.2, 0) is 4.79 Å². The maximum Gasteiger partial charge on any atom is 0.279 e. The lowest BCUT2D eigenvalue weighted by Crippen LogP contribution is -3.15. The first-order valence-electron chi connectivity index (χ1n) is 8.88. The van der Waals surface area contributed by atoms with Crippen LogP contribution in [0.3, 0.4) is 0 Å². The number of anilines is 1. The molecule has 0 radical (unpaired) electrons. The summed E-state index contributed by atoms with van der Waals surface area (Å²) >= 11 is 6.08. The van der Waals surface area contributed by atoms with Gasteiger partial charge in [0, 0.05) is 11.3 Å². The molecule has 0 aromatic heterocycles. The number of nitrogens with one attached hydrogen (secondary N) is 2. The van der Waals surface area contributed by atoms with E-state index in [-0.39, 0.29) is 11.8 Å². The van der Waals surface area contributed by atoms with Crippen LogP contribution in [0.25, 0.3) is 0 Å². The highest BCUT2D eigenvalue weighted by Gasteiger charge is 2.25. The second-order valence-electron chi connectivity index (χ2n) is 6.48. The summed E-state index contributed by atoms with van der Waals surface area (Å²) < 4.78 is 5.11. The molecule has 2 amide bonds. The number of rotatable bonds is 5. The molecule has 27 heavy (non-hydrogen) atoms. The van der Waals surface area contributed by atoms with E-state index >= 15 is 0 Å². The predicted molar refractivity (Wildman–Crippen MR) is 105 cm³/mol. The van der Waals surface area contributed by atoms with E-state index in [4.69, 9.17) is 16.3 Å². The van der Waals surface area contributed by atoms with E-state index in [0.717, 1.165) is 18.0 Å². The van der Waals surface area contributed by atoms with Gasteiger partial charge in [0.15, 0.2) is 6.54 Å². The van der Waals surface area contributed by atoms with Crippen molar-refractivity contribution in [3.05, 3.63) is 59.1 Å². The van der Waals surface area contributed by atoms with Gasteiger partial charge in [0.05, 0.1) is 38.3 Å². The lowest BCUT2D eigenvalue weighted by molar-refractivity contribution is -0.895. The average Bonchev–Trinajstić information content (AvgIpc) is 2.69. The van der Waals surface area contributed by atoms with Crippen molar-refractivity contribution >= 4 is 29.1 Å². The second-order valence-corrected chi connectivity index (χ2v) is 6.89. The fourth-order valence-corrected chi connectivity index (χ4v) is 3.40. The van der Waals surface area contributed by atoms with Crippen molar-refractivity contribution in [3.63, 3.8) is 0 Å². The van der Waals surface area contributed by atoms with E-state index in [1.54, 1.807) is 25.3 Å². The smallest absolute Gasteiger partial charge is 0.279 e. The number of piperazine rings is 1. The lowest BCUT2D eigenvalue weighted by atomic mass is 10.2. The van der Waals surface area contributed by atoms with Gasteiger partial charge in [-0.1, -0.05) is 29.8 Å². The van der Waals surface area contributed by atoms with E-state index in [9.17, 15) is 9.59 Å². The largest absolute Gasteiger partial charge is 0.495 e. The van der Waals surface area contributed by atoms with Crippen molar-refractivity contribution in [2.45, 2.75) is 0 Å². The van der Waals surface area contributed by atoms with Gasteiger partial charge in [0.1, 0.15) is 5.75 Å². The minimum absolute atomic E-state index is 0.0481. The van der Waals surface area contributed by atoms with Gasteiger partial charge < -0.3 is 19.9 Å². The van der Waals surface area contributed by atoms with Crippen molar-refractivity contribution in [1.29, 1.82) is 0 Å². The second kappa shape index (κ2) is 8.88. The highest BCUT2D eigenvalue weighted by Crippen LogP contribution is 2.27. The Balaban J connectivity index is 1.48. The highest BCUT2D eigenvalue weighted by molar-refractivity contribution is 6.32. The van der Waals surface area contributed by atoms with Crippen LogP contribution in [0.2, 0.25) is 5.02 Å². The Bertz CT molecular complexity index is 805. The number of benzene rings is 2. The van der Waals surface area contributed by atoms with Gasteiger partial charge in [-0.25, -0.2) is 0 Å². The monoisotopic (exact) mass is 388 g/mol. The van der Waals surface area contributed by atoms with Crippen LogP contribution in [-0.4, -0.2) is 56.5 Å². The Hall–Kier alpha value is -2.57. The van der Waals surface area contributed by atoms with Crippen LogP contribution < -0.4 is 15.0 Å². The molecule has 1 aliphatic heterocycles. The van der Waals surface area contributed by atoms with Crippen LogP contribution in [0.1, 0.15) is 10.4 Å². The summed E-state index contributed by atoms with van der Waals surface area (Å²) in [6, 6.07) is 14.4. The van der Waals surface area contributed by atoms with Crippen molar-refractivity contribution < 1.29 is 19.2 Å². The fourth-order valence-electron chi connectivity index (χ4n) is 3.14. The third-order valence-electron chi connectivity index (χ3n) is 4.62. The van der Waals surface area contributed by atoms with Crippen molar-refractivity contribution in [1.82, 2.24) is 4.90 Å². The molecule has 0 spiro atoms. The van der Waals surface area contributed by atoms with Gasteiger partial charge in [-0.2, -0.15) is 0 Å². The van der Waals surface area contributed by atoms with Crippen molar-refractivity contribution in [3.8, 4) is 5.75 Å². The lowest BCUT2D eigenvalue weighted by Gasteiger charge is -2.32. The van der Waals surface area contributed by atoms with E-state index in [0.29, 0.717) is 41.7 Å². The first-order valence-corrected chi connectivity index (χ1v) is 9.26. The molecule has 7 heteroatoms. The summed E-state index contributed by atoms with van der Waals surface area (Å²) in [5, 5.41) is 3.32. The quantitative estimate of drug-likeness (QED) is 0.812. The van der Waals surface area contributed by atoms with Crippen molar-refractivity contribution in [2.75, 3.05) is 45.2 Å². The van der Waals surface area contributed by atoms with Crippen LogP contribution in [0, 0.1) is 0 Å². The van der Waals surface area contributed by atoms with Gasteiger partial charge in [-0.3, -0.25) is 9.59 Å². The summed E-state index contributed by atoms with van der Waals surface area (Å²) in [5.41, 5.74) is 1.35. The van der Waals surface area contributed by atoms with Crippen LogP contribution >= 0.6 is 11.6 Å². The number of carbonyl (C=O) groups excluding carboxylic acids is 2. The topological polar surface area (TPSA) is 63.1 Å². The maximum absolute atomic E-state index is 12.5. The van der Waals surface area contributed by atoms with Crippen LogP contribution in [0.5, 0.6) is 5.75 Å². The third-order valence-corrected chi connectivity index (χ3v) is 4.92. The molecule has 1 fully saturated rings. The molecule has 0 aliphatic carbocycles. The van der Waals surface area contributed by atoms with E-state index in [2.05, 4.69) is 5.32 Å². The molecule has 0 unspecified atom stereocenters. The Labute approximate surface area is 163 Å². The summed E-state index contributed by atoms with van der Waals surface area (Å²) in [6.45, 7) is 3.14. The van der Waals surface area contributed by atoms with E-state index < -0.39 is 0 Å². The Morgan fingerprint density at radius 1 is 1.15 bits per heavy atom. The van der Waals surface area contributed by atoms with Crippen LogP contribution in [0.4, 0.5) is 5.69 Å². The zero-order valence-electron chi connectivity index (χ0n) is 15.2. The molecule has 0 bridgehead atoms. The normalized spacial score (nSPS) is 14.7. The molecule has 2 N–H and O–H groups in total. The highest BCUT2D eigenvalue weighted by atomic mass is 35.5. The molecule has 1 saturated heterocycles. The molecule has 0 saturated carbocycles. The zero-order valence-corrected chi connectivity index (χ0v) is 16.0. The first-order chi connectivity index (χ1) is 13.1. The summed E-state index contributed by atoms with van der Waals surface area (Å²) in [7, 11) is 1.55. The number of ether oxygens (including phenoxy) is 1. The molecule has 142 valence electrons. The van der Waals surface area contributed by atoms with Crippen LogP contribution in [0.15, 0.2) is 48.5 Å². The third kappa shape index (κ3) is 4.99. The number of quaternary nitrogens is 1. The standard InChI is InChI=1S/C20H22ClN3O3/c1-27-18-8-7-16(13-17(18)21)22-19(25)14-23-9-11-24(12-10-23)20(26)15-5-3-2-4-6-15/h2-8,13H,9-12,14H2,1H3,(H,22,25)/p+1. The zero-order chi connectivity index (χ0) is 19.2. The summed E-state index contributed by atoms with van der Waals surface area (Å²) in [4.78, 5) is 27.8. The van der Waals surface area contributed by atoms with Gasteiger partial charge in [-0.15, -0.1) is 0 Å². The van der Waals surface area contributed by atoms with Gasteiger partial charge in [-0.05, 0) is 30.3 Å². The number of hydrogen-bond donors (Lipinski definition) is 2. The number of carbonyl (C=O) groups is 2. The maximum atomic E-state index is 12.5. The molecule has 2 aromatic rings. The Kier molecular flexibility index (Phi) is 6.32. The molecule has 6 nitrogen and oxygen atoms in total. The minimum atomic E-state index is -0.0749. The van der Waals surface area contributed by atoms with Crippen molar-refractivity contribution in [2.24, 2.45) is 0 Å². The SMILES string of the molecule is COc1ccc(NC(=O)C[NH+]2CCN(C(=O)c3ccccc3)CC2)cc1Cl. The number of halogens is 1. The number of hydrogen-bond acceptors (Lipinski definition) is 3. The fraction of sp³-hybridized carbons (Fsp3) is 0.300. The first kappa shape index (κ1) is 19.2. The molecule has 3 rings (SSSR count). The molecule has 2 aromatic carbocycles. The molecule has 0 atom stereocenters. The molecule has 1 aliphatic rings. The van der Waals surface area contributed by atoms with Gasteiger partial charge >= 0.3 is 0 Å². The number of amides is 2. The Morgan fingerprint density at radius 2 is 1.85 bits per heavy atom.